The number of unbranched alkanes of at least 4 members (excludes halogenated alkanes) is 4. The molecular weight excluding hydrogens is 308 g/mol. The van der Waals surface area contributed by atoms with Crippen molar-refractivity contribution in [2.24, 2.45) is 5.92 Å². The number of rotatable bonds is 8. The van der Waals surface area contributed by atoms with Gasteiger partial charge in [0.25, 0.3) is 0 Å². The van der Waals surface area contributed by atoms with Crippen LogP contribution < -0.4 is 0 Å². The minimum Gasteiger partial charge on any atom is -0.140 e. The van der Waals surface area contributed by atoms with E-state index in [1.54, 1.807) is 4.88 Å². The van der Waals surface area contributed by atoms with Crippen LogP contribution in [0, 0.1) is 5.92 Å². The summed E-state index contributed by atoms with van der Waals surface area (Å²) in [6.07, 6.45) is 17.1. The van der Waals surface area contributed by atoms with E-state index in [1.807, 2.05) is 11.3 Å². The van der Waals surface area contributed by atoms with Crippen LogP contribution in [0.15, 0.2) is 30.3 Å². The first-order chi connectivity index (χ1) is 11.8. The average molecular weight is 345 g/mol. The largest absolute Gasteiger partial charge is 0.140 e. The van der Waals surface area contributed by atoms with Crippen LogP contribution in [0.1, 0.15) is 89.4 Å². The molecule has 0 N–H and O–H groups in total. The molecule has 2 aromatic rings. The molecule has 0 bridgehead atoms. The fourth-order valence-electron chi connectivity index (χ4n) is 3.70. The summed E-state index contributed by atoms with van der Waals surface area (Å²) in [6.45, 7) is 4.49. The van der Waals surface area contributed by atoms with Crippen LogP contribution in [-0.4, -0.2) is 0 Å². The molecule has 1 saturated carbocycles. The number of aryl methyl sites for hydroxylation is 1. The molecule has 0 nitrogen and oxygen atoms in total. The number of benzene rings is 1. The van der Waals surface area contributed by atoms with Gasteiger partial charge in [0, 0.05) is 9.58 Å². The zero-order valence-corrected chi connectivity index (χ0v) is 16.7. The lowest BCUT2D eigenvalue weighted by Gasteiger charge is -2.06. The molecule has 0 amide bonds. The van der Waals surface area contributed by atoms with Crippen molar-refractivity contribution in [1.29, 1.82) is 0 Å². The zero-order valence-electron chi connectivity index (χ0n) is 15.9. The molecule has 1 fully saturated rings. The quantitative estimate of drug-likeness (QED) is 0.422. The lowest BCUT2D eigenvalue weighted by atomic mass is 10.0. The number of thiophene rings is 1. The monoisotopic (exact) mass is 344 g/mol. The van der Waals surface area contributed by atoms with Gasteiger partial charge in [0.15, 0.2) is 0 Å². The van der Waals surface area contributed by atoms with Gasteiger partial charge in [-0.3, -0.25) is 0 Å². The van der Waals surface area contributed by atoms with Crippen LogP contribution in [-0.2, 0) is 6.42 Å². The molecule has 3 rings (SSSR count). The topological polar surface area (TPSA) is 0 Å². The van der Waals surface area contributed by atoms with E-state index in [1.165, 1.54) is 87.1 Å². The van der Waals surface area contributed by atoms with Crippen molar-refractivity contribution < 1.29 is 0 Å². The smallest absolute Gasteiger partial charge is 0.0345 e. The van der Waals surface area contributed by atoms with Gasteiger partial charge in [0.05, 0.1) is 0 Å². The second kappa shape index (κ2) is 11.7. The Morgan fingerprint density at radius 3 is 2.29 bits per heavy atom. The maximum absolute atomic E-state index is 2.38. The molecule has 0 saturated heterocycles. The predicted molar refractivity (Wildman–Crippen MR) is 111 cm³/mol. The molecule has 1 aliphatic carbocycles. The van der Waals surface area contributed by atoms with Gasteiger partial charge < -0.3 is 0 Å². The summed E-state index contributed by atoms with van der Waals surface area (Å²) in [4.78, 5) is 1.57. The first-order valence-corrected chi connectivity index (χ1v) is 11.1. The van der Waals surface area contributed by atoms with E-state index < -0.39 is 0 Å². The van der Waals surface area contributed by atoms with Gasteiger partial charge in [-0.2, -0.15) is 0 Å². The second-order valence-corrected chi connectivity index (χ2v) is 8.52. The lowest BCUT2D eigenvalue weighted by molar-refractivity contribution is 0.485. The van der Waals surface area contributed by atoms with Gasteiger partial charge in [0.2, 0.25) is 0 Å². The Hall–Kier alpha value is -0.820. The highest BCUT2D eigenvalue weighted by Gasteiger charge is 2.14. The van der Waals surface area contributed by atoms with Gasteiger partial charge in [0.1, 0.15) is 0 Å². The summed E-state index contributed by atoms with van der Waals surface area (Å²) in [6, 6.07) is 11.1. The van der Waals surface area contributed by atoms with E-state index in [9.17, 15) is 0 Å². The van der Waals surface area contributed by atoms with E-state index in [-0.39, 0.29) is 0 Å². The SMILES string of the molecule is CCCCCCC.c1ccc2sc(CCCC3CCCC3)cc2c1. The normalized spacial score (nSPS) is 14.8. The van der Waals surface area contributed by atoms with Crippen molar-refractivity contribution in [3.8, 4) is 0 Å². The van der Waals surface area contributed by atoms with Crippen molar-refractivity contribution in [1.82, 2.24) is 0 Å². The fraction of sp³-hybridized carbons (Fsp3) is 0.652. The van der Waals surface area contributed by atoms with Crippen molar-refractivity contribution in [3.05, 3.63) is 35.2 Å². The molecule has 1 heterocycles. The molecular formula is C23H36S. The highest BCUT2D eigenvalue weighted by atomic mass is 32.1. The summed E-state index contributed by atoms with van der Waals surface area (Å²) in [5.41, 5.74) is 0. The third kappa shape index (κ3) is 6.97. The molecule has 1 heteroatoms. The molecule has 1 aliphatic rings. The van der Waals surface area contributed by atoms with Crippen molar-refractivity contribution in [2.45, 2.75) is 90.9 Å². The van der Waals surface area contributed by atoms with Crippen LogP contribution >= 0.6 is 11.3 Å². The summed E-state index contributed by atoms with van der Waals surface area (Å²) in [5, 5.41) is 1.42. The maximum Gasteiger partial charge on any atom is 0.0345 e. The number of hydrogen-bond acceptors (Lipinski definition) is 1. The molecule has 134 valence electrons. The van der Waals surface area contributed by atoms with Gasteiger partial charge in [-0.1, -0.05) is 96.3 Å². The van der Waals surface area contributed by atoms with Crippen molar-refractivity contribution in [3.63, 3.8) is 0 Å². The van der Waals surface area contributed by atoms with E-state index in [4.69, 9.17) is 0 Å². The molecule has 0 atom stereocenters. The summed E-state index contributed by atoms with van der Waals surface area (Å²) < 4.78 is 1.45. The third-order valence-corrected chi connectivity index (χ3v) is 6.37. The summed E-state index contributed by atoms with van der Waals surface area (Å²) in [7, 11) is 0. The highest BCUT2D eigenvalue weighted by Crippen LogP contribution is 2.31. The van der Waals surface area contributed by atoms with Crippen LogP contribution in [0.4, 0.5) is 0 Å². The molecule has 1 aromatic carbocycles. The van der Waals surface area contributed by atoms with E-state index in [2.05, 4.69) is 44.2 Å². The summed E-state index contributed by atoms with van der Waals surface area (Å²) >= 11 is 1.98. The second-order valence-electron chi connectivity index (χ2n) is 7.35. The Bertz CT molecular complexity index is 511. The molecule has 1 aromatic heterocycles. The lowest BCUT2D eigenvalue weighted by Crippen LogP contribution is -1.93. The minimum absolute atomic E-state index is 1.05. The van der Waals surface area contributed by atoms with Crippen LogP contribution in [0.3, 0.4) is 0 Å². The molecule has 0 unspecified atom stereocenters. The van der Waals surface area contributed by atoms with E-state index >= 15 is 0 Å². The standard InChI is InChI=1S/C16H20S.C7H16/c1-2-7-13(6-1)8-5-10-15-12-14-9-3-4-11-16(14)17-15;1-3-5-7-6-4-2/h3-4,9,11-13H,1-2,5-8,10H2;3-7H2,1-2H3. The Labute approximate surface area is 153 Å². The van der Waals surface area contributed by atoms with Crippen LogP contribution in [0.2, 0.25) is 0 Å². The number of fused-ring (bicyclic) bond motifs is 1. The van der Waals surface area contributed by atoms with Crippen LogP contribution in [0.25, 0.3) is 10.1 Å². The maximum atomic E-state index is 2.38. The molecule has 0 radical (unpaired) electrons. The Morgan fingerprint density at radius 1 is 0.917 bits per heavy atom. The van der Waals surface area contributed by atoms with Crippen molar-refractivity contribution in [2.75, 3.05) is 0 Å². The van der Waals surface area contributed by atoms with Gasteiger partial charge in [-0.05, 0) is 36.3 Å². The fourth-order valence-corrected chi connectivity index (χ4v) is 4.81. The first kappa shape index (κ1) is 19.5. The van der Waals surface area contributed by atoms with Crippen LogP contribution in [0.5, 0.6) is 0 Å². The molecule has 0 spiro atoms. The predicted octanol–water partition coefficient (Wildman–Crippen LogP) is 8.39. The molecule has 24 heavy (non-hydrogen) atoms. The van der Waals surface area contributed by atoms with Crippen molar-refractivity contribution >= 4 is 21.4 Å². The highest BCUT2D eigenvalue weighted by molar-refractivity contribution is 7.19. The Kier molecular flexibility index (Phi) is 9.50. The summed E-state index contributed by atoms with van der Waals surface area (Å²) in [5.74, 6) is 1.05. The minimum atomic E-state index is 1.05. The average Bonchev–Trinajstić information content (AvgIpc) is 3.25. The first-order valence-electron chi connectivity index (χ1n) is 10.3. The van der Waals surface area contributed by atoms with E-state index in [0.717, 1.165) is 5.92 Å². The van der Waals surface area contributed by atoms with Gasteiger partial charge >= 0.3 is 0 Å². The Morgan fingerprint density at radius 2 is 1.62 bits per heavy atom. The van der Waals surface area contributed by atoms with Gasteiger partial charge in [-0.25, -0.2) is 0 Å². The Balaban J connectivity index is 0.000000256. The third-order valence-electron chi connectivity index (χ3n) is 5.19. The zero-order chi connectivity index (χ0) is 17.0. The number of hydrogen-bond donors (Lipinski definition) is 0. The van der Waals surface area contributed by atoms with E-state index in [0.29, 0.717) is 0 Å². The van der Waals surface area contributed by atoms with Gasteiger partial charge in [-0.15, -0.1) is 11.3 Å². The molecule has 0 aliphatic heterocycles.